The molecule has 5 nitrogen and oxygen atoms in total. The highest BCUT2D eigenvalue weighted by Crippen LogP contribution is 2.22. The fraction of sp³-hybridized carbons (Fsp3) is 0.105. The van der Waals surface area contributed by atoms with Crippen LogP contribution in [0.3, 0.4) is 0 Å². The summed E-state index contributed by atoms with van der Waals surface area (Å²) >= 11 is 1.40. The van der Waals surface area contributed by atoms with Gasteiger partial charge in [-0.25, -0.2) is 4.79 Å². The molecule has 0 radical (unpaired) electrons. The molecule has 25 heavy (non-hydrogen) atoms. The molecule has 1 aliphatic rings. The lowest BCUT2D eigenvalue weighted by molar-refractivity contribution is -0.137. The average Bonchev–Trinajstić information content (AvgIpc) is 2.88. The normalized spacial score (nSPS) is 13.4. The van der Waals surface area contributed by atoms with Gasteiger partial charge in [0.1, 0.15) is 6.61 Å². The van der Waals surface area contributed by atoms with Crippen LogP contribution in [0.2, 0.25) is 0 Å². The molecule has 0 atom stereocenters. The van der Waals surface area contributed by atoms with Gasteiger partial charge in [0, 0.05) is 11.0 Å². The zero-order chi connectivity index (χ0) is 17.6. The largest absolute Gasteiger partial charge is 0.461 e. The van der Waals surface area contributed by atoms with Crippen LogP contribution in [0, 0.1) is 0 Å². The van der Waals surface area contributed by atoms with E-state index >= 15 is 0 Å². The smallest absolute Gasteiger partial charge is 0.331 e. The number of fused-ring (bicyclic) bond motifs is 1. The van der Waals surface area contributed by atoms with Gasteiger partial charge >= 0.3 is 5.97 Å². The monoisotopic (exact) mass is 353 g/mol. The molecule has 0 bridgehead atoms. The van der Waals surface area contributed by atoms with E-state index in [0.717, 1.165) is 9.80 Å². The number of esters is 1. The highest BCUT2D eigenvalue weighted by molar-refractivity contribution is 8.02. The summed E-state index contributed by atoms with van der Waals surface area (Å²) in [6.45, 7) is 0.00238. The van der Waals surface area contributed by atoms with E-state index in [-0.39, 0.29) is 25.0 Å². The molecule has 126 valence electrons. The minimum absolute atomic E-state index is 0.0371. The predicted octanol–water partition coefficient (Wildman–Crippen LogP) is 3.13. The maximum atomic E-state index is 12.2. The Morgan fingerprint density at radius 2 is 1.56 bits per heavy atom. The van der Waals surface area contributed by atoms with Crippen molar-refractivity contribution >= 4 is 29.5 Å². The number of carbonyl (C=O) groups excluding carboxylic acids is 3. The fourth-order valence-corrected chi connectivity index (χ4v) is 3.05. The van der Waals surface area contributed by atoms with Crippen LogP contribution in [0.5, 0.6) is 0 Å². The lowest BCUT2D eigenvalue weighted by atomic mass is 10.1. The predicted molar refractivity (Wildman–Crippen MR) is 94.2 cm³/mol. The number of nitrogens with zero attached hydrogens (tertiary/aromatic N) is 1. The summed E-state index contributed by atoms with van der Waals surface area (Å²) < 4.78 is 5.05. The van der Waals surface area contributed by atoms with Gasteiger partial charge in [-0.3, -0.25) is 14.5 Å². The van der Waals surface area contributed by atoms with Crippen LogP contribution in [-0.2, 0) is 9.53 Å². The second kappa shape index (κ2) is 7.81. The molecule has 0 aliphatic carbocycles. The molecule has 0 unspecified atom stereocenters. The summed E-state index contributed by atoms with van der Waals surface area (Å²) in [4.78, 5) is 38.1. The van der Waals surface area contributed by atoms with Crippen LogP contribution in [0.4, 0.5) is 0 Å². The number of ether oxygens (including phenoxy) is 1. The van der Waals surface area contributed by atoms with E-state index < -0.39 is 5.97 Å². The van der Waals surface area contributed by atoms with Gasteiger partial charge in [-0.1, -0.05) is 42.1 Å². The fourth-order valence-electron chi connectivity index (χ4n) is 2.40. The topological polar surface area (TPSA) is 63.7 Å². The molecule has 2 amide bonds. The van der Waals surface area contributed by atoms with Crippen LogP contribution in [0.25, 0.3) is 0 Å². The van der Waals surface area contributed by atoms with Crippen molar-refractivity contribution in [2.24, 2.45) is 0 Å². The molecule has 1 aliphatic heterocycles. The van der Waals surface area contributed by atoms with Crippen LogP contribution < -0.4 is 0 Å². The molecule has 0 aromatic heterocycles. The van der Waals surface area contributed by atoms with Crippen LogP contribution in [-0.4, -0.2) is 35.8 Å². The summed E-state index contributed by atoms with van der Waals surface area (Å²) in [7, 11) is 0. The number of benzene rings is 2. The second-order valence-corrected chi connectivity index (χ2v) is 6.19. The third kappa shape index (κ3) is 3.97. The van der Waals surface area contributed by atoms with Gasteiger partial charge in [-0.2, -0.15) is 0 Å². The molecule has 3 rings (SSSR count). The van der Waals surface area contributed by atoms with Crippen molar-refractivity contribution in [2.45, 2.75) is 4.90 Å². The van der Waals surface area contributed by atoms with E-state index in [0.29, 0.717) is 11.1 Å². The summed E-state index contributed by atoms with van der Waals surface area (Å²) in [6.07, 6.45) is 1.32. The molecule has 0 saturated carbocycles. The highest BCUT2D eigenvalue weighted by Gasteiger charge is 2.34. The van der Waals surface area contributed by atoms with Crippen molar-refractivity contribution in [1.29, 1.82) is 0 Å². The Bertz CT molecular complexity index is 797. The molecular formula is C19H15NO4S. The molecule has 2 aromatic carbocycles. The van der Waals surface area contributed by atoms with Crippen molar-refractivity contribution in [3.8, 4) is 0 Å². The molecule has 6 heteroatoms. The molecule has 1 heterocycles. The van der Waals surface area contributed by atoms with Crippen molar-refractivity contribution in [1.82, 2.24) is 4.90 Å². The van der Waals surface area contributed by atoms with E-state index in [1.54, 1.807) is 29.7 Å². The van der Waals surface area contributed by atoms with E-state index in [2.05, 4.69) is 0 Å². The molecular weight excluding hydrogens is 338 g/mol. The highest BCUT2D eigenvalue weighted by atomic mass is 32.2. The molecule has 0 N–H and O–H groups in total. The van der Waals surface area contributed by atoms with E-state index in [9.17, 15) is 14.4 Å². The van der Waals surface area contributed by atoms with Gasteiger partial charge in [-0.05, 0) is 29.7 Å². The molecule has 0 fully saturated rings. The summed E-state index contributed by atoms with van der Waals surface area (Å²) in [5.41, 5.74) is 0.774. The number of rotatable bonds is 6. The Labute approximate surface area is 149 Å². The first-order valence-electron chi connectivity index (χ1n) is 7.67. The first kappa shape index (κ1) is 17.0. The molecule has 2 aromatic rings. The van der Waals surface area contributed by atoms with Crippen molar-refractivity contribution in [3.63, 3.8) is 0 Å². The van der Waals surface area contributed by atoms with E-state index in [4.69, 9.17) is 4.74 Å². The zero-order valence-electron chi connectivity index (χ0n) is 13.3. The number of hydrogen-bond donors (Lipinski definition) is 0. The van der Waals surface area contributed by atoms with Crippen molar-refractivity contribution < 1.29 is 19.1 Å². The zero-order valence-corrected chi connectivity index (χ0v) is 14.1. The van der Waals surface area contributed by atoms with E-state index in [1.165, 1.54) is 17.8 Å². The number of thioether (sulfide) groups is 1. The van der Waals surface area contributed by atoms with Gasteiger partial charge in [-0.15, -0.1) is 0 Å². The first-order valence-corrected chi connectivity index (χ1v) is 8.55. The summed E-state index contributed by atoms with van der Waals surface area (Å²) in [5.74, 6) is -1.22. The van der Waals surface area contributed by atoms with Gasteiger partial charge in [0.25, 0.3) is 11.8 Å². The summed E-state index contributed by atoms with van der Waals surface area (Å²) in [5, 5.41) is 1.64. The maximum Gasteiger partial charge on any atom is 0.331 e. The first-order chi connectivity index (χ1) is 12.2. The standard InChI is InChI=1S/C19H15NO4S/c21-17(10-13-25-14-6-2-1-3-7-14)24-12-11-20-18(22)15-8-4-5-9-16(15)19(20)23/h1-10,13H,11-12H2/b13-10+. The Morgan fingerprint density at radius 1 is 0.960 bits per heavy atom. The minimum atomic E-state index is -0.514. The van der Waals surface area contributed by atoms with Gasteiger partial charge in [0.2, 0.25) is 0 Å². The Balaban J connectivity index is 1.46. The number of hydrogen-bond acceptors (Lipinski definition) is 5. The second-order valence-electron chi connectivity index (χ2n) is 5.21. The van der Waals surface area contributed by atoms with Gasteiger partial charge < -0.3 is 4.74 Å². The van der Waals surface area contributed by atoms with E-state index in [1.807, 2.05) is 30.3 Å². The Morgan fingerprint density at radius 3 is 2.20 bits per heavy atom. The molecule has 0 saturated heterocycles. The number of amides is 2. The van der Waals surface area contributed by atoms with Crippen LogP contribution in [0.1, 0.15) is 20.7 Å². The molecule has 0 spiro atoms. The maximum absolute atomic E-state index is 12.2. The number of imide groups is 1. The average molecular weight is 353 g/mol. The minimum Gasteiger partial charge on any atom is -0.461 e. The van der Waals surface area contributed by atoms with Crippen molar-refractivity contribution in [3.05, 3.63) is 77.2 Å². The SMILES string of the molecule is O=C(/C=C/Sc1ccccc1)OCCN1C(=O)c2ccccc2C1=O. The third-order valence-electron chi connectivity index (χ3n) is 3.59. The van der Waals surface area contributed by atoms with Crippen molar-refractivity contribution in [2.75, 3.05) is 13.2 Å². The lowest BCUT2D eigenvalue weighted by Gasteiger charge is -2.13. The van der Waals surface area contributed by atoms with Gasteiger partial charge in [0.05, 0.1) is 17.7 Å². The Kier molecular flexibility index (Phi) is 5.30. The van der Waals surface area contributed by atoms with Gasteiger partial charge in [0.15, 0.2) is 0 Å². The van der Waals surface area contributed by atoms with Crippen LogP contribution >= 0.6 is 11.8 Å². The summed E-state index contributed by atoms with van der Waals surface area (Å²) in [6, 6.07) is 16.3. The third-order valence-corrected chi connectivity index (χ3v) is 4.41. The number of carbonyl (C=O) groups is 3. The Hall–Kier alpha value is -2.86. The quantitative estimate of drug-likeness (QED) is 0.345. The lowest BCUT2D eigenvalue weighted by Crippen LogP contribution is -2.33. The van der Waals surface area contributed by atoms with Crippen LogP contribution in [0.15, 0.2) is 71.0 Å².